The van der Waals surface area contributed by atoms with E-state index in [4.69, 9.17) is 4.74 Å². The topological polar surface area (TPSA) is 182 Å². The third kappa shape index (κ3) is 12.5. The Kier molecular flexibility index (Phi) is 14.8. The second-order valence-electron chi connectivity index (χ2n) is 14.4. The van der Waals surface area contributed by atoms with Crippen LogP contribution >= 0.6 is 0 Å². The number of fused-ring (bicyclic) bond motifs is 1. The number of ether oxygens (including phenoxy) is 1. The van der Waals surface area contributed by atoms with Gasteiger partial charge in [-0.25, -0.2) is 4.79 Å². The van der Waals surface area contributed by atoms with Crippen LogP contribution in [0.3, 0.4) is 0 Å². The first-order chi connectivity index (χ1) is 25.7. The fraction of sp³-hybridized carbons (Fsp3) is 0.390. The van der Waals surface area contributed by atoms with Crippen LogP contribution in [0.5, 0.6) is 0 Å². The number of aliphatic hydroxyl groups is 1. The summed E-state index contributed by atoms with van der Waals surface area (Å²) in [5.74, 6) is -1.86. The maximum Gasteiger partial charge on any atom is 0.408 e. The van der Waals surface area contributed by atoms with E-state index in [1.54, 1.807) is 38.9 Å². The number of nitrogens with one attached hydrogen (secondary N) is 5. The van der Waals surface area contributed by atoms with Crippen molar-refractivity contribution in [3.8, 4) is 0 Å². The van der Waals surface area contributed by atoms with Crippen LogP contribution in [0.2, 0.25) is 0 Å². The molecular weight excluding hydrogens is 688 g/mol. The number of para-hydroxylation sites is 1. The Morgan fingerprint density at radius 1 is 0.796 bits per heavy atom. The predicted molar refractivity (Wildman–Crippen MR) is 206 cm³/mol. The summed E-state index contributed by atoms with van der Waals surface area (Å²) in [5, 5.41) is 21.8. The van der Waals surface area contributed by atoms with Crippen LogP contribution in [0.1, 0.15) is 68.4 Å². The van der Waals surface area contributed by atoms with Crippen LogP contribution in [0, 0.1) is 0 Å². The van der Waals surface area contributed by atoms with Gasteiger partial charge in [-0.2, -0.15) is 0 Å². The van der Waals surface area contributed by atoms with E-state index in [9.17, 15) is 29.1 Å². The van der Waals surface area contributed by atoms with Gasteiger partial charge in [-0.1, -0.05) is 78.9 Å². The average Bonchev–Trinajstić information content (AvgIpc) is 3.57. The highest BCUT2D eigenvalue weighted by Crippen LogP contribution is 2.18. The highest BCUT2D eigenvalue weighted by Gasteiger charge is 2.30. The normalized spacial score (nSPS) is 13.5. The number of benzene rings is 3. The zero-order valence-corrected chi connectivity index (χ0v) is 31.6. The molecule has 0 spiro atoms. The van der Waals surface area contributed by atoms with Gasteiger partial charge in [-0.05, 0) is 64.2 Å². The van der Waals surface area contributed by atoms with Crippen molar-refractivity contribution in [1.29, 1.82) is 0 Å². The van der Waals surface area contributed by atoms with E-state index in [0.29, 0.717) is 30.3 Å². The maximum absolute atomic E-state index is 14.1. The van der Waals surface area contributed by atoms with Crippen molar-refractivity contribution in [2.24, 2.45) is 0 Å². The van der Waals surface area contributed by atoms with Gasteiger partial charge in [0.05, 0.1) is 11.7 Å². The molecule has 4 rings (SSSR count). The lowest BCUT2D eigenvalue weighted by Crippen LogP contribution is -2.54. The quantitative estimate of drug-likeness (QED) is 0.0877. The molecule has 6 N–H and O–H groups in total. The van der Waals surface area contributed by atoms with Gasteiger partial charge >= 0.3 is 6.09 Å². The minimum atomic E-state index is -1.24. The van der Waals surface area contributed by atoms with E-state index in [1.165, 1.54) is 6.92 Å². The molecule has 0 aliphatic rings. The van der Waals surface area contributed by atoms with Gasteiger partial charge in [0.1, 0.15) is 23.7 Å². The van der Waals surface area contributed by atoms with Crippen molar-refractivity contribution in [3.05, 3.63) is 108 Å². The molecule has 1 aromatic heterocycles. The van der Waals surface area contributed by atoms with Crippen molar-refractivity contribution < 1.29 is 33.8 Å². The smallest absolute Gasteiger partial charge is 0.408 e. The van der Waals surface area contributed by atoms with Gasteiger partial charge in [-0.3, -0.25) is 19.2 Å². The fourth-order valence-electron chi connectivity index (χ4n) is 5.92. The molecule has 3 aromatic carbocycles. The van der Waals surface area contributed by atoms with E-state index in [-0.39, 0.29) is 25.3 Å². The van der Waals surface area contributed by atoms with E-state index < -0.39 is 53.6 Å². The second kappa shape index (κ2) is 19.4. The number of rotatable bonds is 17. The van der Waals surface area contributed by atoms with Crippen molar-refractivity contribution in [2.75, 3.05) is 13.6 Å². The first-order valence-electron chi connectivity index (χ1n) is 18.2. The number of aromatic amines is 1. The molecule has 13 nitrogen and oxygen atoms in total. The molecule has 0 radical (unpaired) electrons. The summed E-state index contributed by atoms with van der Waals surface area (Å²) in [6.45, 7) is 6.96. The number of alkyl carbamates (subject to hydrolysis) is 1. The zero-order chi connectivity index (χ0) is 39.3. The van der Waals surface area contributed by atoms with E-state index in [1.807, 2.05) is 84.9 Å². The summed E-state index contributed by atoms with van der Waals surface area (Å²) in [6, 6.07) is 23.1. The molecule has 0 saturated heterocycles. The third-order valence-corrected chi connectivity index (χ3v) is 8.65. The van der Waals surface area contributed by atoms with Gasteiger partial charge in [0, 0.05) is 43.7 Å². The van der Waals surface area contributed by atoms with Crippen LogP contribution in [-0.2, 0) is 32.1 Å². The molecule has 0 saturated carbocycles. The van der Waals surface area contributed by atoms with Gasteiger partial charge in [0.2, 0.25) is 17.7 Å². The third-order valence-electron chi connectivity index (χ3n) is 8.65. The summed E-state index contributed by atoms with van der Waals surface area (Å²) >= 11 is 0. The zero-order valence-electron chi connectivity index (χ0n) is 31.6. The molecule has 0 bridgehead atoms. The number of H-pyrrole nitrogens is 1. The number of unbranched alkanes of at least 4 members (excludes halogenated alkanes) is 1. The number of aliphatic hydroxyl groups excluding tert-OH is 1. The number of likely N-dealkylation sites (N-methyl/N-ethyl adjacent to an activating group) is 1. The van der Waals surface area contributed by atoms with E-state index in [2.05, 4.69) is 26.3 Å². The lowest BCUT2D eigenvalue weighted by atomic mass is 10.0. The van der Waals surface area contributed by atoms with Crippen molar-refractivity contribution in [2.45, 2.75) is 89.8 Å². The number of aromatic nitrogens is 1. The Balaban J connectivity index is 1.46. The summed E-state index contributed by atoms with van der Waals surface area (Å²) in [7, 11) is 1.69. The van der Waals surface area contributed by atoms with Gasteiger partial charge in [0.15, 0.2) is 0 Å². The average molecular weight is 741 g/mol. The first kappa shape index (κ1) is 41.1. The van der Waals surface area contributed by atoms with Crippen molar-refractivity contribution >= 4 is 40.6 Å². The van der Waals surface area contributed by atoms with Crippen LogP contribution in [0.15, 0.2) is 91.1 Å². The molecule has 288 valence electrons. The summed E-state index contributed by atoms with van der Waals surface area (Å²) < 4.78 is 5.22. The highest BCUT2D eigenvalue weighted by atomic mass is 16.6. The molecule has 0 aliphatic carbocycles. The first-order valence-corrected chi connectivity index (χ1v) is 18.2. The lowest BCUT2D eigenvalue weighted by Gasteiger charge is -2.27. The molecule has 1 heterocycles. The molecule has 4 aromatic rings. The van der Waals surface area contributed by atoms with Gasteiger partial charge in [0.25, 0.3) is 5.91 Å². The van der Waals surface area contributed by atoms with Crippen LogP contribution < -0.4 is 21.3 Å². The molecule has 13 heteroatoms. The number of hydrogen-bond acceptors (Lipinski definition) is 7. The van der Waals surface area contributed by atoms with Crippen molar-refractivity contribution in [1.82, 2.24) is 31.2 Å². The number of nitrogens with zero attached hydrogens (tertiary/aromatic N) is 1. The van der Waals surface area contributed by atoms with Crippen LogP contribution in [0.25, 0.3) is 10.9 Å². The summed E-state index contributed by atoms with van der Waals surface area (Å²) in [5.41, 5.74) is 2.15. The monoisotopic (exact) mass is 740 g/mol. The Bertz CT molecular complexity index is 1860. The highest BCUT2D eigenvalue weighted by molar-refractivity contribution is 6.08. The molecule has 5 amide bonds. The van der Waals surface area contributed by atoms with Gasteiger partial charge < -0.3 is 41.0 Å². The minimum absolute atomic E-state index is 0.169. The number of carbonyl (C=O) groups is 5. The molecule has 4 atom stereocenters. The second-order valence-corrected chi connectivity index (χ2v) is 14.4. The van der Waals surface area contributed by atoms with Crippen LogP contribution in [0.4, 0.5) is 4.79 Å². The Hall–Kier alpha value is -5.69. The summed E-state index contributed by atoms with van der Waals surface area (Å²) in [4.78, 5) is 71.4. The van der Waals surface area contributed by atoms with E-state index in [0.717, 1.165) is 16.6 Å². The lowest BCUT2D eigenvalue weighted by molar-refractivity contribution is -0.136. The largest absolute Gasteiger partial charge is 0.444 e. The Morgan fingerprint density at radius 3 is 2.07 bits per heavy atom. The van der Waals surface area contributed by atoms with Crippen LogP contribution in [-0.4, -0.2) is 88.1 Å². The molecule has 54 heavy (non-hydrogen) atoms. The molecular formula is C41H52N6O7. The summed E-state index contributed by atoms with van der Waals surface area (Å²) in [6.07, 6.45) is 0.802. The number of carbonyl (C=O) groups excluding carboxylic acids is 5. The number of amides is 5. The van der Waals surface area contributed by atoms with E-state index >= 15 is 0 Å². The molecule has 0 fully saturated rings. The minimum Gasteiger partial charge on any atom is -0.444 e. The molecule has 3 unspecified atom stereocenters. The SMILES string of the molecule is CC(O)C(NC(=O)OC(C)(C)C)C(=O)NCCCCC(NC(=O)c1c[nH]c2ccccc12)C(=O)N[C@H](Cc1ccccc1)C(=O)N(C)Cc1ccccc1. The Labute approximate surface area is 316 Å². The Morgan fingerprint density at radius 2 is 1.43 bits per heavy atom. The number of hydrogen-bond donors (Lipinski definition) is 6. The molecule has 0 aliphatic heterocycles. The van der Waals surface area contributed by atoms with Gasteiger partial charge in [-0.15, -0.1) is 0 Å². The standard InChI is InChI=1S/C41H52N6O7/c1-27(48)35(46-40(53)54-41(2,3)4)38(51)42-23-15-14-22-33(44-36(49)31-25-43-32-21-13-12-20-30(31)32)37(50)45-34(24-28-16-8-6-9-17-28)39(52)47(5)26-29-18-10-7-11-19-29/h6-13,16-21,25,27,33-35,43,48H,14-15,22-24,26H2,1-5H3,(H,42,51)(H,44,49)(H,45,50)(H,46,53)/t27?,33?,34-,35?/m1/s1. The van der Waals surface area contributed by atoms with Crippen molar-refractivity contribution in [3.63, 3.8) is 0 Å². The maximum atomic E-state index is 14.1. The fourth-order valence-corrected chi connectivity index (χ4v) is 5.92. The predicted octanol–water partition coefficient (Wildman–Crippen LogP) is 4.21.